The van der Waals surface area contributed by atoms with Crippen LogP contribution in [-0.2, 0) is 9.59 Å². The summed E-state index contributed by atoms with van der Waals surface area (Å²) in [6.45, 7) is 4.83. The van der Waals surface area contributed by atoms with Crippen LogP contribution in [0, 0.1) is 17.8 Å². The SMILES string of the molecule is CC(C)CNC(=O)C1CC1C(=O)NC1CCCC1. The first-order valence-electron chi connectivity index (χ1n) is 7.16. The molecule has 4 heteroatoms. The Morgan fingerprint density at radius 1 is 1.11 bits per heavy atom. The van der Waals surface area contributed by atoms with Gasteiger partial charge in [0.2, 0.25) is 11.8 Å². The second-order valence-corrected chi connectivity index (χ2v) is 6.08. The molecule has 0 saturated heterocycles. The molecule has 0 heterocycles. The van der Waals surface area contributed by atoms with E-state index >= 15 is 0 Å². The summed E-state index contributed by atoms with van der Waals surface area (Å²) in [6.07, 6.45) is 5.36. The Hall–Kier alpha value is -1.06. The standard InChI is InChI=1S/C14H24N2O2/c1-9(2)8-15-13(17)11-7-12(11)14(18)16-10-5-3-4-6-10/h9-12H,3-8H2,1-2H3,(H,15,17)(H,16,18). The summed E-state index contributed by atoms with van der Waals surface area (Å²) in [4.78, 5) is 23.7. The predicted molar refractivity (Wildman–Crippen MR) is 69.8 cm³/mol. The van der Waals surface area contributed by atoms with Crippen LogP contribution in [0.5, 0.6) is 0 Å². The zero-order chi connectivity index (χ0) is 13.1. The van der Waals surface area contributed by atoms with Crippen LogP contribution < -0.4 is 10.6 Å². The molecule has 2 rings (SSSR count). The van der Waals surface area contributed by atoms with E-state index in [1.54, 1.807) is 0 Å². The molecule has 0 aromatic rings. The first-order chi connectivity index (χ1) is 8.58. The molecule has 18 heavy (non-hydrogen) atoms. The lowest BCUT2D eigenvalue weighted by atomic mass is 10.2. The van der Waals surface area contributed by atoms with Crippen molar-refractivity contribution in [2.24, 2.45) is 17.8 Å². The Balaban J connectivity index is 1.69. The molecule has 0 aromatic heterocycles. The molecule has 0 aromatic carbocycles. The second-order valence-electron chi connectivity index (χ2n) is 6.08. The molecule has 2 unspecified atom stereocenters. The second kappa shape index (κ2) is 5.72. The van der Waals surface area contributed by atoms with E-state index in [2.05, 4.69) is 24.5 Å². The van der Waals surface area contributed by atoms with Gasteiger partial charge in [0.25, 0.3) is 0 Å². The van der Waals surface area contributed by atoms with Crippen LogP contribution in [0.3, 0.4) is 0 Å². The minimum Gasteiger partial charge on any atom is -0.356 e. The Morgan fingerprint density at radius 3 is 2.33 bits per heavy atom. The van der Waals surface area contributed by atoms with Gasteiger partial charge < -0.3 is 10.6 Å². The van der Waals surface area contributed by atoms with Gasteiger partial charge >= 0.3 is 0 Å². The normalized spacial score (nSPS) is 27.3. The van der Waals surface area contributed by atoms with E-state index in [1.165, 1.54) is 12.8 Å². The fraction of sp³-hybridized carbons (Fsp3) is 0.857. The third-order valence-electron chi connectivity index (χ3n) is 3.85. The monoisotopic (exact) mass is 252 g/mol. The lowest BCUT2D eigenvalue weighted by Gasteiger charge is -2.11. The number of hydrogen-bond donors (Lipinski definition) is 2. The summed E-state index contributed by atoms with van der Waals surface area (Å²) in [7, 11) is 0. The third-order valence-corrected chi connectivity index (χ3v) is 3.85. The van der Waals surface area contributed by atoms with Crippen LogP contribution >= 0.6 is 0 Å². The maximum Gasteiger partial charge on any atom is 0.224 e. The molecule has 2 atom stereocenters. The number of rotatable bonds is 5. The van der Waals surface area contributed by atoms with E-state index in [9.17, 15) is 9.59 Å². The van der Waals surface area contributed by atoms with Crippen molar-refractivity contribution >= 4 is 11.8 Å². The Kier molecular flexibility index (Phi) is 4.25. The van der Waals surface area contributed by atoms with Gasteiger partial charge in [0.05, 0.1) is 11.8 Å². The van der Waals surface area contributed by atoms with Gasteiger partial charge in [0.15, 0.2) is 0 Å². The van der Waals surface area contributed by atoms with Gasteiger partial charge in [-0.1, -0.05) is 26.7 Å². The number of nitrogens with one attached hydrogen (secondary N) is 2. The zero-order valence-corrected chi connectivity index (χ0v) is 11.4. The summed E-state index contributed by atoms with van der Waals surface area (Å²) in [5, 5.41) is 5.98. The average Bonchev–Trinajstić information content (AvgIpc) is 2.98. The minimum absolute atomic E-state index is 0.0512. The molecule has 0 radical (unpaired) electrons. The van der Waals surface area contributed by atoms with Crippen LogP contribution in [0.15, 0.2) is 0 Å². The molecule has 0 aliphatic heterocycles. The summed E-state index contributed by atoms with van der Waals surface area (Å²) in [5.41, 5.74) is 0. The topological polar surface area (TPSA) is 58.2 Å². The molecule has 0 bridgehead atoms. The highest BCUT2D eigenvalue weighted by Gasteiger charge is 2.48. The molecule has 2 aliphatic carbocycles. The van der Waals surface area contributed by atoms with Crippen molar-refractivity contribution in [3.8, 4) is 0 Å². The Bertz CT molecular complexity index is 322. The molecule has 2 aliphatic rings. The van der Waals surface area contributed by atoms with Crippen LogP contribution in [0.4, 0.5) is 0 Å². The lowest BCUT2D eigenvalue weighted by Crippen LogP contribution is -2.36. The van der Waals surface area contributed by atoms with E-state index in [1.807, 2.05) is 0 Å². The van der Waals surface area contributed by atoms with E-state index in [0.29, 0.717) is 18.5 Å². The maximum atomic E-state index is 11.9. The van der Waals surface area contributed by atoms with E-state index < -0.39 is 0 Å². The van der Waals surface area contributed by atoms with Gasteiger partial charge in [-0.15, -0.1) is 0 Å². The summed E-state index contributed by atoms with van der Waals surface area (Å²) in [6, 6.07) is 0.359. The first-order valence-corrected chi connectivity index (χ1v) is 7.16. The van der Waals surface area contributed by atoms with Crippen molar-refractivity contribution in [1.82, 2.24) is 10.6 Å². The molecule has 2 fully saturated rings. The van der Waals surface area contributed by atoms with Crippen molar-refractivity contribution in [1.29, 1.82) is 0 Å². The van der Waals surface area contributed by atoms with Crippen molar-refractivity contribution in [3.63, 3.8) is 0 Å². The Labute approximate surface area is 109 Å². The molecule has 4 nitrogen and oxygen atoms in total. The fourth-order valence-corrected chi connectivity index (χ4v) is 2.59. The van der Waals surface area contributed by atoms with Crippen LogP contribution in [-0.4, -0.2) is 24.4 Å². The number of hydrogen-bond acceptors (Lipinski definition) is 2. The molecule has 2 N–H and O–H groups in total. The molecule has 2 saturated carbocycles. The third kappa shape index (κ3) is 3.47. The van der Waals surface area contributed by atoms with Crippen molar-refractivity contribution < 1.29 is 9.59 Å². The number of carbonyl (C=O) groups is 2. The Morgan fingerprint density at radius 2 is 1.72 bits per heavy atom. The largest absolute Gasteiger partial charge is 0.356 e. The smallest absolute Gasteiger partial charge is 0.224 e. The van der Waals surface area contributed by atoms with Gasteiger partial charge in [-0.25, -0.2) is 0 Å². The van der Waals surface area contributed by atoms with E-state index in [-0.39, 0.29) is 23.7 Å². The van der Waals surface area contributed by atoms with Crippen LogP contribution in [0.25, 0.3) is 0 Å². The highest BCUT2D eigenvalue weighted by molar-refractivity contribution is 5.92. The number of amides is 2. The number of carbonyl (C=O) groups excluding carboxylic acids is 2. The molecular formula is C14H24N2O2. The van der Waals surface area contributed by atoms with Crippen molar-refractivity contribution in [2.75, 3.05) is 6.54 Å². The van der Waals surface area contributed by atoms with Gasteiger partial charge in [0.1, 0.15) is 0 Å². The van der Waals surface area contributed by atoms with Gasteiger partial charge in [-0.3, -0.25) is 9.59 Å². The van der Waals surface area contributed by atoms with Crippen LogP contribution in [0.2, 0.25) is 0 Å². The van der Waals surface area contributed by atoms with Gasteiger partial charge in [-0.05, 0) is 25.2 Å². The van der Waals surface area contributed by atoms with Gasteiger partial charge in [-0.2, -0.15) is 0 Å². The molecule has 0 spiro atoms. The molecule has 2 amide bonds. The summed E-state index contributed by atoms with van der Waals surface area (Å²) < 4.78 is 0. The highest BCUT2D eigenvalue weighted by Crippen LogP contribution is 2.39. The van der Waals surface area contributed by atoms with Crippen molar-refractivity contribution in [2.45, 2.75) is 52.0 Å². The van der Waals surface area contributed by atoms with E-state index in [4.69, 9.17) is 0 Å². The average molecular weight is 252 g/mol. The van der Waals surface area contributed by atoms with E-state index in [0.717, 1.165) is 19.3 Å². The summed E-state index contributed by atoms with van der Waals surface area (Å²) in [5.74, 6) is 0.447. The van der Waals surface area contributed by atoms with Gasteiger partial charge in [0, 0.05) is 12.6 Å². The molecular weight excluding hydrogens is 228 g/mol. The lowest BCUT2D eigenvalue weighted by molar-refractivity contribution is -0.127. The quantitative estimate of drug-likeness (QED) is 0.778. The fourth-order valence-electron chi connectivity index (χ4n) is 2.59. The summed E-state index contributed by atoms with van der Waals surface area (Å²) >= 11 is 0. The zero-order valence-electron chi connectivity index (χ0n) is 11.4. The minimum atomic E-state index is -0.0786. The van der Waals surface area contributed by atoms with Crippen LogP contribution in [0.1, 0.15) is 46.0 Å². The molecule has 102 valence electrons. The first kappa shape index (κ1) is 13.4. The van der Waals surface area contributed by atoms with Crippen molar-refractivity contribution in [3.05, 3.63) is 0 Å². The predicted octanol–water partition coefficient (Wildman–Crippen LogP) is 1.45. The maximum absolute atomic E-state index is 11.9. The highest BCUT2D eigenvalue weighted by atomic mass is 16.2.